The smallest absolute Gasteiger partial charge is 0.338 e. The topological polar surface area (TPSA) is 225 Å². The fourth-order valence-corrected chi connectivity index (χ4v) is 14.6. The van der Waals surface area contributed by atoms with Gasteiger partial charge in [-0.3, -0.25) is 0 Å². The van der Waals surface area contributed by atoms with Crippen LogP contribution in [0.3, 0.4) is 0 Å². The lowest BCUT2D eigenvalue weighted by Gasteiger charge is -2.72. The first-order valence-corrected chi connectivity index (χ1v) is 22.9. The van der Waals surface area contributed by atoms with Crippen LogP contribution in [0.25, 0.3) is 0 Å². The van der Waals surface area contributed by atoms with Crippen LogP contribution < -0.4 is 0 Å². The highest BCUT2D eigenvalue weighted by molar-refractivity contribution is 5.89. The SMILES string of the molecule is CC1(C)C[C@@H](OC(=O)c2ccccc2)[C@]2(CO)[C@@H](O)C[C@]3(C)C(=CC[C@@H]4[C@@]5(C)CC[C@H](O[C@@H]6OC[C@@H](O)[C@H](O[C@@H]7O[C@H](CO)[C@@H](O)[C@H](O)[C@H]7O)[C@H]6O)C(C)(C)[C@@H]5CC[C@]43C)[C@@H]2C1. The highest BCUT2D eigenvalue weighted by Gasteiger charge is 2.72. The minimum Gasteiger partial charge on any atom is -0.458 e. The summed E-state index contributed by atoms with van der Waals surface area (Å²) in [7, 11) is 0. The maximum Gasteiger partial charge on any atom is 0.338 e. The minimum atomic E-state index is -1.71. The number of rotatable bonds is 8. The van der Waals surface area contributed by atoms with Crippen LogP contribution in [0.5, 0.6) is 0 Å². The molecule has 14 nitrogen and oxygen atoms in total. The average molecular weight is 873 g/mol. The third kappa shape index (κ3) is 7.08. The number of carbonyl (C=O) groups excluding carboxylic acids is 1. The van der Waals surface area contributed by atoms with Gasteiger partial charge in [0.15, 0.2) is 12.6 Å². The Balaban J connectivity index is 1.02. The lowest BCUT2D eigenvalue weighted by atomic mass is 9.33. The quantitative estimate of drug-likeness (QED) is 0.107. The van der Waals surface area contributed by atoms with Gasteiger partial charge >= 0.3 is 5.97 Å². The Labute approximate surface area is 365 Å². The molecule has 8 N–H and O–H groups in total. The Morgan fingerprint density at radius 2 is 1.48 bits per heavy atom. The predicted molar refractivity (Wildman–Crippen MR) is 224 cm³/mol. The molecular formula is C48H72O14. The Kier molecular flexibility index (Phi) is 12.3. The minimum absolute atomic E-state index is 0.117. The van der Waals surface area contributed by atoms with E-state index in [1.165, 1.54) is 5.57 Å². The standard InChI is InChI=1S/C48H72O14/c1-43(2)19-27-26-13-14-31-45(5)17-16-33(61-41-38(56)39(28(51)23-58-41)62-42-37(55)36(54)35(53)29(22-49)59-42)44(3,4)30(45)15-18-46(31,6)47(26,7)20-32(52)48(27,24-50)34(21-43)60-40(57)25-11-9-8-10-12-25/h8-13,27-39,41-42,49-56H,14-24H2,1-7H3/t27-,28+,29+,30-,31+,32-,33-,34+,35+,36-,37+,38+,39-,41-,42-,45-,46+,47+,48-/m0/s1. The van der Waals surface area contributed by atoms with Gasteiger partial charge in [-0.05, 0) is 108 Å². The number of esters is 1. The van der Waals surface area contributed by atoms with Crippen molar-refractivity contribution in [3.05, 3.63) is 47.5 Å². The summed E-state index contributed by atoms with van der Waals surface area (Å²) in [5, 5.41) is 87.2. The molecule has 8 rings (SSSR count). The van der Waals surface area contributed by atoms with E-state index in [4.69, 9.17) is 23.7 Å². The zero-order valence-electron chi connectivity index (χ0n) is 37.4. The molecule has 6 fully saturated rings. The summed E-state index contributed by atoms with van der Waals surface area (Å²) in [5.74, 6) is -0.139. The number of hydrogen-bond donors (Lipinski definition) is 8. The zero-order valence-corrected chi connectivity index (χ0v) is 37.4. The van der Waals surface area contributed by atoms with E-state index in [1.54, 1.807) is 24.3 Å². The second-order valence-electron chi connectivity index (χ2n) is 22.2. The van der Waals surface area contributed by atoms with Crippen LogP contribution in [0.1, 0.15) is 110 Å². The van der Waals surface area contributed by atoms with Gasteiger partial charge in [-0.2, -0.15) is 0 Å². The van der Waals surface area contributed by atoms with Crippen molar-refractivity contribution in [3.63, 3.8) is 0 Å². The molecule has 348 valence electrons. The lowest BCUT2D eigenvalue weighted by Crippen LogP contribution is -2.69. The number of fused-ring (bicyclic) bond motifs is 7. The van der Waals surface area contributed by atoms with Crippen molar-refractivity contribution in [1.82, 2.24) is 0 Å². The highest BCUT2D eigenvalue weighted by Crippen LogP contribution is 2.76. The van der Waals surface area contributed by atoms with E-state index in [1.807, 2.05) is 6.07 Å². The van der Waals surface area contributed by atoms with E-state index in [2.05, 4.69) is 54.5 Å². The summed E-state index contributed by atoms with van der Waals surface area (Å²) in [6.45, 7) is 14.9. The van der Waals surface area contributed by atoms with Crippen LogP contribution in [0.15, 0.2) is 42.0 Å². The van der Waals surface area contributed by atoms with E-state index >= 15 is 0 Å². The molecule has 1 aromatic rings. The van der Waals surface area contributed by atoms with Crippen molar-refractivity contribution < 1.29 is 69.3 Å². The van der Waals surface area contributed by atoms with Crippen molar-refractivity contribution in [1.29, 1.82) is 0 Å². The van der Waals surface area contributed by atoms with Crippen LogP contribution >= 0.6 is 0 Å². The third-order valence-electron chi connectivity index (χ3n) is 18.2. The van der Waals surface area contributed by atoms with E-state index in [9.17, 15) is 45.6 Å². The zero-order chi connectivity index (χ0) is 44.9. The van der Waals surface area contributed by atoms with Gasteiger partial charge < -0.3 is 64.5 Å². The van der Waals surface area contributed by atoms with E-state index in [0.717, 1.165) is 32.1 Å². The monoisotopic (exact) mass is 872 g/mol. The number of allylic oxidation sites excluding steroid dienone is 2. The molecular weight excluding hydrogens is 801 g/mol. The van der Waals surface area contributed by atoms with Gasteiger partial charge in [0.2, 0.25) is 0 Å². The summed E-state index contributed by atoms with van der Waals surface area (Å²) in [6, 6.07) is 8.92. The van der Waals surface area contributed by atoms with Crippen LogP contribution in [0, 0.1) is 50.2 Å². The molecule has 7 aliphatic rings. The summed E-state index contributed by atoms with van der Waals surface area (Å²) in [5.41, 5.74) is -0.596. The molecule has 0 radical (unpaired) electrons. The van der Waals surface area contributed by atoms with Crippen LogP contribution in [-0.2, 0) is 23.7 Å². The van der Waals surface area contributed by atoms with Gasteiger partial charge in [-0.15, -0.1) is 0 Å². The van der Waals surface area contributed by atoms with Crippen LogP contribution in [0.2, 0.25) is 0 Å². The molecule has 2 aliphatic heterocycles. The number of ether oxygens (including phenoxy) is 5. The van der Waals surface area contributed by atoms with Crippen molar-refractivity contribution in [2.24, 2.45) is 50.2 Å². The van der Waals surface area contributed by atoms with Crippen molar-refractivity contribution >= 4 is 5.97 Å². The molecule has 0 unspecified atom stereocenters. The number of aliphatic hydroxyl groups excluding tert-OH is 8. The van der Waals surface area contributed by atoms with Crippen molar-refractivity contribution in [3.8, 4) is 0 Å². The number of carbonyl (C=O) groups is 1. The normalized spacial score (nSPS) is 49.6. The molecule has 0 amide bonds. The fourth-order valence-electron chi connectivity index (χ4n) is 14.6. The van der Waals surface area contributed by atoms with Crippen LogP contribution in [0.4, 0.5) is 0 Å². The van der Waals surface area contributed by atoms with Gasteiger partial charge in [-0.1, -0.05) is 78.3 Å². The first-order chi connectivity index (χ1) is 29.1. The largest absolute Gasteiger partial charge is 0.458 e. The number of hydrogen-bond acceptors (Lipinski definition) is 14. The molecule has 19 atom stereocenters. The maximum absolute atomic E-state index is 13.6. The van der Waals surface area contributed by atoms with E-state index in [-0.39, 0.29) is 64.1 Å². The number of benzene rings is 1. The summed E-state index contributed by atoms with van der Waals surface area (Å²) in [6.07, 6.45) is -6.62. The highest BCUT2D eigenvalue weighted by atomic mass is 16.7. The van der Waals surface area contributed by atoms with Crippen LogP contribution in [-0.4, -0.2) is 140 Å². The van der Waals surface area contributed by atoms with Gasteiger partial charge in [0, 0.05) is 0 Å². The molecule has 2 saturated heterocycles. The average Bonchev–Trinajstić information content (AvgIpc) is 3.21. The Morgan fingerprint density at radius 3 is 2.16 bits per heavy atom. The second kappa shape index (κ2) is 16.4. The second-order valence-corrected chi connectivity index (χ2v) is 22.2. The number of aliphatic hydroxyl groups is 8. The molecule has 62 heavy (non-hydrogen) atoms. The molecule has 0 aromatic heterocycles. The molecule has 5 aliphatic carbocycles. The fraction of sp³-hybridized carbons (Fsp3) is 0.812. The molecule has 0 bridgehead atoms. The molecule has 14 heteroatoms. The molecule has 4 saturated carbocycles. The third-order valence-corrected chi connectivity index (χ3v) is 18.2. The Bertz CT molecular complexity index is 1820. The molecule has 2 heterocycles. The van der Waals surface area contributed by atoms with Crippen molar-refractivity contribution in [2.45, 2.75) is 173 Å². The van der Waals surface area contributed by atoms with Crippen molar-refractivity contribution in [2.75, 3.05) is 19.8 Å². The van der Waals surface area contributed by atoms with E-state index in [0.29, 0.717) is 24.8 Å². The molecule has 1 aromatic carbocycles. The van der Waals surface area contributed by atoms with Gasteiger partial charge in [-0.25, -0.2) is 4.79 Å². The lowest BCUT2D eigenvalue weighted by molar-refractivity contribution is -0.357. The summed E-state index contributed by atoms with van der Waals surface area (Å²) < 4.78 is 30.3. The first kappa shape index (κ1) is 46.5. The maximum atomic E-state index is 13.6. The predicted octanol–water partition coefficient (Wildman–Crippen LogP) is 3.24. The van der Waals surface area contributed by atoms with Gasteiger partial charge in [0.1, 0.15) is 48.8 Å². The van der Waals surface area contributed by atoms with Gasteiger partial charge in [0.05, 0.1) is 43.0 Å². The first-order valence-electron chi connectivity index (χ1n) is 22.9. The molecule has 0 spiro atoms. The Morgan fingerprint density at radius 1 is 0.774 bits per heavy atom. The summed E-state index contributed by atoms with van der Waals surface area (Å²) in [4.78, 5) is 13.6. The van der Waals surface area contributed by atoms with Gasteiger partial charge in [0.25, 0.3) is 0 Å². The summed E-state index contributed by atoms with van der Waals surface area (Å²) >= 11 is 0. The Hall–Kier alpha value is -2.05. The van der Waals surface area contributed by atoms with E-state index < -0.39 is 85.5 Å².